The van der Waals surface area contributed by atoms with E-state index in [-0.39, 0.29) is 17.9 Å². The predicted octanol–water partition coefficient (Wildman–Crippen LogP) is 1.03. The van der Waals surface area contributed by atoms with E-state index in [1.54, 1.807) is 0 Å². The Balaban J connectivity index is 2.05. The van der Waals surface area contributed by atoms with Gasteiger partial charge in [0, 0.05) is 6.61 Å². The van der Waals surface area contributed by atoms with Gasteiger partial charge in [-0.2, -0.15) is 10.4 Å². The van der Waals surface area contributed by atoms with Crippen LogP contribution in [0, 0.1) is 17.2 Å². The third-order valence-corrected chi connectivity index (χ3v) is 2.96. The normalized spacial score (nSPS) is 23.3. The molecule has 2 rings (SSSR count). The number of nitrogens with one attached hydrogen (secondary N) is 2. The molecule has 1 aliphatic rings. The van der Waals surface area contributed by atoms with E-state index in [2.05, 4.69) is 15.5 Å². The molecule has 1 saturated heterocycles. The van der Waals surface area contributed by atoms with E-state index in [4.69, 9.17) is 10.00 Å². The average Bonchev–Trinajstić information content (AvgIpc) is 2.96. The van der Waals surface area contributed by atoms with Gasteiger partial charge in [0.1, 0.15) is 17.5 Å². The number of aromatic nitrogens is 2. The van der Waals surface area contributed by atoms with Crippen LogP contribution in [0.15, 0.2) is 6.20 Å². The largest absolute Gasteiger partial charge is 0.377 e. The number of hydrogen-bond donors (Lipinski definition) is 2. The zero-order valence-electron chi connectivity index (χ0n) is 9.56. The van der Waals surface area contributed by atoms with Crippen LogP contribution in [0.25, 0.3) is 0 Å². The molecule has 2 unspecified atom stereocenters. The van der Waals surface area contributed by atoms with Gasteiger partial charge < -0.3 is 10.1 Å². The van der Waals surface area contributed by atoms with Crippen LogP contribution in [-0.2, 0) is 9.53 Å². The molecule has 6 heteroatoms. The fourth-order valence-electron chi connectivity index (χ4n) is 2.03. The van der Waals surface area contributed by atoms with E-state index in [0.29, 0.717) is 18.0 Å². The molecule has 17 heavy (non-hydrogen) atoms. The average molecular weight is 234 g/mol. The van der Waals surface area contributed by atoms with Crippen molar-refractivity contribution in [2.45, 2.75) is 25.9 Å². The number of rotatable bonds is 3. The Hall–Kier alpha value is -1.87. The Kier molecular flexibility index (Phi) is 3.40. The molecule has 1 aliphatic heterocycles. The number of amides is 1. The number of carbonyl (C=O) groups excluding carboxylic acids is 1. The van der Waals surface area contributed by atoms with Crippen molar-refractivity contribution in [2.75, 3.05) is 11.9 Å². The van der Waals surface area contributed by atoms with Crippen molar-refractivity contribution in [1.29, 1.82) is 5.26 Å². The minimum absolute atomic E-state index is 0.0246. The summed E-state index contributed by atoms with van der Waals surface area (Å²) in [6.45, 7) is 2.61. The molecule has 0 spiro atoms. The van der Waals surface area contributed by atoms with Gasteiger partial charge in [0.05, 0.1) is 18.2 Å². The number of hydrogen-bond acceptors (Lipinski definition) is 4. The molecule has 0 radical (unpaired) electrons. The monoisotopic (exact) mass is 234 g/mol. The summed E-state index contributed by atoms with van der Waals surface area (Å²) in [6, 6.07) is 1.96. The zero-order valence-corrected chi connectivity index (χ0v) is 9.56. The summed E-state index contributed by atoms with van der Waals surface area (Å²) in [5.41, 5.74) is 0.338. The fourth-order valence-corrected chi connectivity index (χ4v) is 2.03. The molecule has 1 fully saturated rings. The van der Waals surface area contributed by atoms with Crippen molar-refractivity contribution in [2.24, 2.45) is 5.92 Å². The number of ether oxygens (including phenoxy) is 1. The summed E-state index contributed by atoms with van der Waals surface area (Å²) in [5, 5.41) is 17.8. The lowest BCUT2D eigenvalue weighted by atomic mass is 9.99. The van der Waals surface area contributed by atoms with Crippen LogP contribution in [0.5, 0.6) is 0 Å². The predicted molar refractivity (Wildman–Crippen MR) is 60.1 cm³/mol. The fraction of sp³-hybridized carbons (Fsp3) is 0.545. The molecule has 0 bridgehead atoms. The highest BCUT2D eigenvalue weighted by molar-refractivity contribution is 5.93. The van der Waals surface area contributed by atoms with Gasteiger partial charge >= 0.3 is 0 Å². The molecular formula is C11H14N4O2. The summed E-state index contributed by atoms with van der Waals surface area (Å²) in [6.07, 6.45) is 2.90. The number of nitrogens with zero attached hydrogens (tertiary/aromatic N) is 2. The number of anilines is 1. The van der Waals surface area contributed by atoms with Crippen molar-refractivity contribution in [3.8, 4) is 6.07 Å². The van der Waals surface area contributed by atoms with Gasteiger partial charge in [0.25, 0.3) is 0 Å². The SMILES string of the molecule is CCC1OCCC1C(=O)Nc1[nH]ncc1C#N. The van der Waals surface area contributed by atoms with E-state index < -0.39 is 0 Å². The van der Waals surface area contributed by atoms with Gasteiger partial charge in [-0.1, -0.05) is 6.92 Å². The van der Waals surface area contributed by atoms with E-state index in [9.17, 15) is 4.79 Å². The molecule has 90 valence electrons. The maximum atomic E-state index is 12.0. The smallest absolute Gasteiger partial charge is 0.231 e. The molecule has 1 aromatic heterocycles. The van der Waals surface area contributed by atoms with Crippen LogP contribution < -0.4 is 5.32 Å². The maximum Gasteiger partial charge on any atom is 0.231 e. The van der Waals surface area contributed by atoms with Crippen molar-refractivity contribution < 1.29 is 9.53 Å². The van der Waals surface area contributed by atoms with Crippen LogP contribution in [0.2, 0.25) is 0 Å². The second-order valence-corrected chi connectivity index (χ2v) is 3.97. The third kappa shape index (κ3) is 2.29. The van der Waals surface area contributed by atoms with Crippen LogP contribution in [0.1, 0.15) is 25.3 Å². The highest BCUT2D eigenvalue weighted by Gasteiger charge is 2.33. The van der Waals surface area contributed by atoms with E-state index in [0.717, 1.165) is 12.8 Å². The first-order chi connectivity index (χ1) is 8.26. The molecule has 0 saturated carbocycles. The Bertz CT molecular complexity index is 449. The minimum atomic E-state index is -0.144. The van der Waals surface area contributed by atoms with E-state index >= 15 is 0 Å². The summed E-state index contributed by atoms with van der Waals surface area (Å²) in [7, 11) is 0. The topological polar surface area (TPSA) is 90.8 Å². The van der Waals surface area contributed by atoms with Gasteiger partial charge in [-0.3, -0.25) is 9.89 Å². The van der Waals surface area contributed by atoms with E-state index in [1.807, 2.05) is 13.0 Å². The number of aromatic amines is 1. The lowest BCUT2D eigenvalue weighted by Crippen LogP contribution is -2.29. The molecule has 2 heterocycles. The highest BCUT2D eigenvalue weighted by Crippen LogP contribution is 2.25. The van der Waals surface area contributed by atoms with Gasteiger partial charge in [-0.25, -0.2) is 0 Å². The van der Waals surface area contributed by atoms with Crippen LogP contribution in [0.4, 0.5) is 5.82 Å². The lowest BCUT2D eigenvalue weighted by molar-refractivity contribution is -0.121. The van der Waals surface area contributed by atoms with Gasteiger partial charge in [-0.15, -0.1) is 0 Å². The first-order valence-corrected chi connectivity index (χ1v) is 5.62. The van der Waals surface area contributed by atoms with Crippen LogP contribution >= 0.6 is 0 Å². The number of carbonyl (C=O) groups is 1. The van der Waals surface area contributed by atoms with Crippen LogP contribution in [-0.4, -0.2) is 28.8 Å². The summed E-state index contributed by atoms with van der Waals surface area (Å²) in [4.78, 5) is 12.0. The van der Waals surface area contributed by atoms with Crippen molar-refractivity contribution in [3.05, 3.63) is 11.8 Å². The first-order valence-electron chi connectivity index (χ1n) is 5.62. The summed E-state index contributed by atoms with van der Waals surface area (Å²) >= 11 is 0. The number of nitriles is 1. The van der Waals surface area contributed by atoms with Gasteiger partial charge in [0.2, 0.25) is 5.91 Å². The maximum absolute atomic E-state index is 12.0. The van der Waals surface area contributed by atoms with Crippen molar-refractivity contribution in [1.82, 2.24) is 10.2 Å². The quantitative estimate of drug-likeness (QED) is 0.817. The summed E-state index contributed by atoms with van der Waals surface area (Å²) in [5.74, 6) is 0.101. The summed E-state index contributed by atoms with van der Waals surface area (Å²) < 4.78 is 5.46. The molecule has 6 nitrogen and oxygen atoms in total. The first kappa shape index (κ1) is 11.6. The van der Waals surface area contributed by atoms with Crippen molar-refractivity contribution in [3.63, 3.8) is 0 Å². The van der Waals surface area contributed by atoms with E-state index in [1.165, 1.54) is 6.20 Å². The lowest BCUT2D eigenvalue weighted by Gasteiger charge is -2.15. The molecule has 1 amide bonds. The number of H-pyrrole nitrogens is 1. The molecule has 2 N–H and O–H groups in total. The van der Waals surface area contributed by atoms with Gasteiger partial charge in [0.15, 0.2) is 0 Å². The third-order valence-electron chi connectivity index (χ3n) is 2.96. The molecule has 1 aromatic rings. The Morgan fingerprint density at radius 3 is 3.35 bits per heavy atom. The van der Waals surface area contributed by atoms with Crippen LogP contribution in [0.3, 0.4) is 0 Å². The Morgan fingerprint density at radius 2 is 2.65 bits per heavy atom. The Morgan fingerprint density at radius 1 is 1.82 bits per heavy atom. The molecule has 0 aromatic carbocycles. The standard InChI is InChI=1S/C11H14N4O2/c1-2-9-8(3-4-17-9)11(16)14-10-7(5-12)6-13-15-10/h6,8-9H,2-4H2,1H3,(H2,13,14,15,16). The highest BCUT2D eigenvalue weighted by atomic mass is 16.5. The van der Waals surface area contributed by atoms with Crippen molar-refractivity contribution >= 4 is 11.7 Å². The molecule has 0 aliphatic carbocycles. The van der Waals surface area contributed by atoms with Gasteiger partial charge in [-0.05, 0) is 12.8 Å². The molecular weight excluding hydrogens is 220 g/mol. The minimum Gasteiger partial charge on any atom is -0.377 e. The Labute approximate surface area is 99.0 Å². The zero-order chi connectivity index (χ0) is 12.3. The second-order valence-electron chi connectivity index (χ2n) is 3.97. The second kappa shape index (κ2) is 4.97. The molecule has 2 atom stereocenters.